The zero-order valence-electron chi connectivity index (χ0n) is 14.1. The molecule has 0 unspecified atom stereocenters. The second kappa shape index (κ2) is 10.1. The molecule has 0 aliphatic rings. The van der Waals surface area contributed by atoms with Gasteiger partial charge in [0.25, 0.3) is 0 Å². The summed E-state index contributed by atoms with van der Waals surface area (Å²) in [7, 11) is 0. The van der Waals surface area contributed by atoms with E-state index in [9.17, 15) is 0 Å². The van der Waals surface area contributed by atoms with E-state index in [0.717, 1.165) is 23.3 Å². The monoisotopic (exact) mass is 317 g/mol. The topological polar surface area (TPSA) is 33.0 Å². The quantitative estimate of drug-likeness (QED) is 0.448. The minimum atomic E-state index is 0.564. The molecule has 0 aliphatic carbocycles. The van der Waals surface area contributed by atoms with Gasteiger partial charge in [0.05, 0.1) is 11.6 Å². The number of benzene rings is 2. The van der Waals surface area contributed by atoms with Gasteiger partial charge in [0.2, 0.25) is 0 Å². The first-order chi connectivity index (χ1) is 11.8. The van der Waals surface area contributed by atoms with Gasteiger partial charge in [0, 0.05) is 0 Å². The van der Waals surface area contributed by atoms with Crippen LogP contribution >= 0.6 is 0 Å². The number of nitrogens with zero attached hydrogens (tertiary/aromatic N) is 1. The highest BCUT2D eigenvalue weighted by Crippen LogP contribution is 2.22. The second-order valence-electron chi connectivity index (χ2n) is 5.52. The van der Waals surface area contributed by atoms with Crippen LogP contribution in [0.4, 0.5) is 0 Å². The van der Waals surface area contributed by atoms with E-state index < -0.39 is 0 Å². The van der Waals surface area contributed by atoms with Crippen LogP contribution in [0.3, 0.4) is 0 Å². The minimum absolute atomic E-state index is 0.564. The standard InChI is InChI=1S/C22H23NO/c1-2-3-4-5-6-7-8-17-24-22-15-13-21(14-16-22)20-11-9-19(18-23)10-12-20/h5-16H,2-4,17H2,1H3/b6-5+,8-7+. The Kier molecular flexibility index (Phi) is 7.37. The van der Waals surface area contributed by atoms with Crippen molar-refractivity contribution in [3.05, 3.63) is 78.4 Å². The van der Waals surface area contributed by atoms with Crippen LogP contribution in [0.5, 0.6) is 5.75 Å². The van der Waals surface area contributed by atoms with E-state index in [0.29, 0.717) is 12.2 Å². The average molecular weight is 317 g/mol. The molecule has 0 fully saturated rings. The summed E-state index contributed by atoms with van der Waals surface area (Å²) < 4.78 is 5.70. The summed E-state index contributed by atoms with van der Waals surface area (Å²) in [6.07, 6.45) is 11.9. The van der Waals surface area contributed by atoms with E-state index in [-0.39, 0.29) is 0 Å². The molecule has 0 atom stereocenters. The van der Waals surface area contributed by atoms with Gasteiger partial charge in [-0.1, -0.05) is 62.3 Å². The maximum absolute atomic E-state index is 8.83. The lowest BCUT2D eigenvalue weighted by atomic mass is 10.0. The van der Waals surface area contributed by atoms with Gasteiger partial charge in [-0.25, -0.2) is 0 Å². The summed E-state index contributed by atoms with van der Waals surface area (Å²) in [5, 5.41) is 8.83. The van der Waals surface area contributed by atoms with Crippen molar-refractivity contribution in [3.8, 4) is 22.9 Å². The van der Waals surface area contributed by atoms with Crippen molar-refractivity contribution < 1.29 is 4.74 Å². The van der Waals surface area contributed by atoms with Crippen molar-refractivity contribution in [1.29, 1.82) is 5.26 Å². The van der Waals surface area contributed by atoms with E-state index in [4.69, 9.17) is 10.00 Å². The van der Waals surface area contributed by atoms with Gasteiger partial charge in [-0.2, -0.15) is 5.26 Å². The van der Waals surface area contributed by atoms with Gasteiger partial charge >= 0.3 is 0 Å². The normalized spacial score (nSPS) is 11.0. The lowest BCUT2D eigenvalue weighted by Crippen LogP contribution is -1.92. The van der Waals surface area contributed by atoms with Crippen LogP contribution in [0.25, 0.3) is 11.1 Å². The molecule has 0 saturated heterocycles. The first kappa shape index (κ1) is 17.6. The predicted molar refractivity (Wildman–Crippen MR) is 99.9 cm³/mol. The van der Waals surface area contributed by atoms with Crippen LogP contribution in [0.2, 0.25) is 0 Å². The molecular formula is C22H23NO. The Hall–Kier alpha value is -2.79. The molecule has 0 radical (unpaired) electrons. The van der Waals surface area contributed by atoms with Gasteiger partial charge in [0.15, 0.2) is 0 Å². The fraction of sp³-hybridized carbons (Fsp3) is 0.227. The molecule has 0 aliphatic heterocycles. The Labute approximate surface area is 144 Å². The molecule has 2 rings (SSSR count). The van der Waals surface area contributed by atoms with Crippen molar-refractivity contribution in [1.82, 2.24) is 0 Å². The Bertz CT molecular complexity index is 703. The molecular weight excluding hydrogens is 294 g/mol. The molecule has 0 N–H and O–H groups in total. The van der Waals surface area contributed by atoms with Crippen molar-refractivity contribution in [2.24, 2.45) is 0 Å². The van der Waals surface area contributed by atoms with E-state index in [1.165, 1.54) is 12.8 Å². The SMILES string of the molecule is CCCC/C=C/C=C/COc1ccc(-c2ccc(C#N)cc2)cc1. The van der Waals surface area contributed by atoms with Crippen molar-refractivity contribution in [2.75, 3.05) is 6.61 Å². The fourth-order valence-electron chi connectivity index (χ4n) is 2.26. The van der Waals surface area contributed by atoms with E-state index >= 15 is 0 Å². The number of hydrogen-bond acceptors (Lipinski definition) is 2. The third-order valence-electron chi connectivity index (χ3n) is 3.66. The molecule has 2 nitrogen and oxygen atoms in total. The van der Waals surface area contributed by atoms with Gasteiger partial charge in [-0.15, -0.1) is 0 Å². The smallest absolute Gasteiger partial charge is 0.119 e. The first-order valence-corrected chi connectivity index (χ1v) is 8.38. The second-order valence-corrected chi connectivity index (χ2v) is 5.52. The van der Waals surface area contributed by atoms with Gasteiger partial charge in [0.1, 0.15) is 12.4 Å². The summed E-state index contributed by atoms with van der Waals surface area (Å²) in [5.74, 6) is 0.854. The molecule has 0 bridgehead atoms. The van der Waals surface area contributed by atoms with Crippen LogP contribution in [-0.4, -0.2) is 6.61 Å². The number of unbranched alkanes of at least 4 members (excludes halogenated alkanes) is 2. The molecule has 0 saturated carbocycles. The minimum Gasteiger partial charge on any atom is -0.490 e. The first-order valence-electron chi connectivity index (χ1n) is 8.38. The van der Waals surface area contributed by atoms with Gasteiger partial charge in [-0.3, -0.25) is 0 Å². The van der Waals surface area contributed by atoms with Crippen LogP contribution in [0, 0.1) is 11.3 Å². The fourth-order valence-corrected chi connectivity index (χ4v) is 2.26. The molecule has 0 spiro atoms. The Morgan fingerprint density at radius 2 is 1.54 bits per heavy atom. The third-order valence-corrected chi connectivity index (χ3v) is 3.66. The van der Waals surface area contributed by atoms with Crippen LogP contribution < -0.4 is 4.74 Å². The predicted octanol–water partition coefficient (Wildman–Crippen LogP) is 5.91. The average Bonchev–Trinajstić information content (AvgIpc) is 2.64. The highest BCUT2D eigenvalue weighted by atomic mass is 16.5. The lowest BCUT2D eigenvalue weighted by molar-refractivity contribution is 0.363. The maximum Gasteiger partial charge on any atom is 0.119 e. The summed E-state index contributed by atoms with van der Waals surface area (Å²) in [5.41, 5.74) is 2.88. The summed E-state index contributed by atoms with van der Waals surface area (Å²) in [6, 6.07) is 17.7. The Morgan fingerprint density at radius 3 is 2.17 bits per heavy atom. The zero-order valence-corrected chi connectivity index (χ0v) is 14.1. The number of allylic oxidation sites excluding steroid dienone is 3. The molecule has 0 aromatic heterocycles. The molecule has 2 aromatic rings. The van der Waals surface area contributed by atoms with Crippen molar-refractivity contribution in [3.63, 3.8) is 0 Å². The number of ether oxygens (including phenoxy) is 1. The molecule has 122 valence electrons. The van der Waals surface area contributed by atoms with Crippen molar-refractivity contribution >= 4 is 0 Å². The molecule has 24 heavy (non-hydrogen) atoms. The molecule has 0 amide bonds. The Balaban J connectivity index is 1.82. The third kappa shape index (κ3) is 5.78. The number of rotatable bonds is 8. The zero-order chi connectivity index (χ0) is 17.0. The molecule has 0 heterocycles. The largest absolute Gasteiger partial charge is 0.490 e. The Morgan fingerprint density at radius 1 is 0.917 bits per heavy atom. The number of nitriles is 1. The van der Waals surface area contributed by atoms with E-state index in [2.05, 4.69) is 25.1 Å². The van der Waals surface area contributed by atoms with Crippen molar-refractivity contribution in [2.45, 2.75) is 26.2 Å². The number of hydrogen-bond donors (Lipinski definition) is 0. The lowest BCUT2D eigenvalue weighted by Gasteiger charge is -2.05. The van der Waals surface area contributed by atoms with Crippen LogP contribution in [-0.2, 0) is 0 Å². The maximum atomic E-state index is 8.83. The highest BCUT2D eigenvalue weighted by Gasteiger charge is 1.99. The van der Waals surface area contributed by atoms with Gasteiger partial charge < -0.3 is 4.74 Å². The highest BCUT2D eigenvalue weighted by molar-refractivity contribution is 5.64. The van der Waals surface area contributed by atoms with E-state index in [1.54, 1.807) is 0 Å². The summed E-state index contributed by atoms with van der Waals surface area (Å²) in [6.45, 7) is 2.76. The van der Waals surface area contributed by atoms with Gasteiger partial charge in [-0.05, 0) is 47.9 Å². The summed E-state index contributed by atoms with van der Waals surface area (Å²) >= 11 is 0. The summed E-state index contributed by atoms with van der Waals surface area (Å²) in [4.78, 5) is 0. The molecule has 2 aromatic carbocycles. The van der Waals surface area contributed by atoms with Crippen LogP contribution in [0.1, 0.15) is 31.7 Å². The van der Waals surface area contributed by atoms with E-state index in [1.807, 2.05) is 60.7 Å². The molecule has 2 heteroatoms. The van der Waals surface area contributed by atoms with Crippen LogP contribution in [0.15, 0.2) is 72.8 Å².